The molecule has 7 atom stereocenters. The molecule has 9 rings (SSSR count). The summed E-state index contributed by atoms with van der Waals surface area (Å²) in [6, 6.07) is 16.3. The number of aliphatic hydroxyl groups is 1. The van der Waals surface area contributed by atoms with Crippen molar-refractivity contribution in [1.29, 1.82) is 0 Å². The van der Waals surface area contributed by atoms with Gasteiger partial charge in [0.25, 0.3) is 11.8 Å². The molecule has 0 radical (unpaired) electrons. The van der Waals surface area contributed by atoms with E-state index in [4.69, 9.17) is 14.2 Å². The second-order valence-electron chi connectivity index (χ2n) is 11.9. The highest BCUT2D eigenvalue weighted by Gasteiger charge is 2.77. The van der Waals surface area contributed by atoms with Crippen molar-refractivity contribution in [3.05, 3.63) is 120 Å². The number of amides is 2. The van der Waals surface area contributed by atoms with Crippen molar-refractivity contribution in [2.75, 3.05) is 0 Å². The van der Waals surface area contributed by atoms with Crippen molar-refractivity contribution < 1.29 is 38.5 Å². The highest BCUT2D eigenvalue weighted by Crippen LogP contribution is 2.69. The fourth-order valence-corrected chi connectivity index (χ4v) is 11.0. The zero-order valence-corrected chi connectivity index (χ0v) is 25.9. The first kappa shape index (κ1) is 29.2. The first-order valence-electron chi connectivity index (χ1n) is 14.9. The molecule has 10 nitrogen and oxygen atoms in total. The molecule has 5 saturated heterocycles. The van der Waals surface area contributed by atoms with E-state index >= 15 is 0 Å². The minimum absolute atomic E-state index is 0.0831. The third-order valence-electron chi connectivity index (χ3n) is 9.25. The minimum Gasteiger partial charge on any atom is -0.473 e. The number of fused-ring (bicyclic) bond motifs is 3. The number of hydrogen-bond donors (Lipinski definition) is 1. The van der Waals surface area contributed by atoms with Crippen LogP contribution in [-0.2, 0) is 39.8 Å². The summed E-state index contributed by atoms with van der Waals surface area (Å²) in [5.41, 5.74) is 2.65. The lowest BCUT2D eigenvalue weighted by Gasteiger charge is -2.58. The van der Waals surface area contributed by atoms with Gasteiger partial charge in [-0.25, -0.2) is 4.79 Å². The van der Waals surface area contributed by atoms with E-state index in [0.29, 0.717) is 11.1 Å². The number of allylic oxidation sites excluding steroid dienone is 2. The van der Waals surface area contributed by atoms with Crippen molar-refractivity contribution in [3.8, 4) is 0 Å². The van der Waals surface area contributed by atoms with Gasteiger partial charge in [-0.1, -0.05) is 94.4 Å². The van der Waals surface area contributed by atoms with Gasteiger partial charge >= 0.3 is 11.9 Å². The molecule has 12 heteroatoms. The molecule has 2 bridgehead atoms. The molecule has 0 aromatic heterocycles. The van der Waals surface area contributed by atoms with Crippen LogP contribution in [0.15, 0.2) is 109 Å². The number of aliphatic hydroxyl groups excluding tert-OH is 1. The highest BCUT2D eigenvalue weighted by molar-refractivity contribution is 8.78. The molecule has 7 aliphatic rings. The molecule has 5 fully saturated rings. The van der Waals surface area contributed by atoms with E-state index in [2.05, 4.69) is 0 Å². The molecule has 1 N–H and O–H groups in total. The van der Waals surface area contributed by atoms with Gasteiger partial charge in [0.2, 0.25) is 0 Å². The van der Waals surface area contributed by atoms with Crippen molar-refractivity contribution >= 4 is 45.3 Å². The SMILES string of the molecule is O=C(Cc1ccccc1)O[C@H]1C=CC=C2CC34SSC5(CC6=COC=C[C@H](OC(=O)[C@H](O)c7ccccc7)[C@H]6N5C3=O)C(=O)N4[C@@H]21. The number of carbonyl (C=O) groups excluding carboxylic acids is 4. The Labute approximate surface area is 272 Å². The van der Waals surface area contributed by atoms with Gasteiger partial charge < -0.3 is 29.1 Å². The van der Waals surface area contributed by atoms with E-state index in [1.165, 1.54) is 40.2 Å². The van der Waals surface area contributed by atoms with Crippen molar-refractivity contribution in [3.63, 3.8) is 0 Å². The van der Waals surface area contributed by atoms with Crippen molar-refractivity contribution in [1.82, 2.24) is 9.80 Å². The number of esters is 2. The van der Waals surface area contributed by atoms with E-state index in [1.54, 1.807) is 46.2 Å². The number of nitrogens with zero attached hydrogens (tertiary/aromatic N) is 2. The maximum absolute atomic E-state index is 14.7. The maximum Gasteiger partial charge on any atom is 0.340 e. The summed E-state index contributed by atoms with van der Waals surface area (Å²) in [6.45, 7) is 0. The number of ether oxygens (including phenoxy) is 3. The first-order valence-corrected chi connectivity index (χ1v) is 17.1. The highest BCUT2D eigenvalue weighted by atomic mass is 33.1. The van der Waals surface area contributed by atoms with E-state index in [0.717, 1.165) is 11.1 Å². The quantitative estimate of drug-likeness (QED) is 0.364. The third kappa shape index (κ3) is 4.30. The number of benzene rings is 2. The second-order valence-corrected chi connectivity index (χ2v) is 14.6. The predicted octanol–water partition coefficient (Wildman–Crippen LogP) is 3.71. The lowest BCUT2D eigenvalue weighted by molar-refractivity contribution is -0.173. The maximum atomic E-state index is 14.7. The Hall–Kier alpha value is -4.26. The average molecular weight is 657 g/mol. The minimum atomic E-state index is -1.53. The third-order valence-corrected chi connectivity index (χ3v) is 12.8. The summed E-state index contributed by atoms with van der Waals surface area (Å²) in [5, 5.41) is 10.7. The van der Waals surface area contributed by atoms with Crippen LogP contribution in [0.3, 0.4) is 0 Å². The molecule has 2 unspecified atom stereocenters. The molecule has 1 aliphatic carbocycles. The monoisotopic (exact) mass is 656 g/mol. The van der Waals surface area contributed by atoms with Crippen LogP contribution in [0.4, 0.5) is 0 Å². The van der Waals surface area contributed by atoms with Crippen LogP contribution in [0, 0.1) is 0 Å². The van der Waals surface area contributed by atoms with Gasteiger partial charge in [-0.05, 0) is 34.4 Å². The zero-order chi connectivity index (χ0) is 31.6. The van der Waals surface area contributed by atoms with Gasteiger partial charge in [0.1, 0.15) is 12.2 Å². The Morgan fingerprint density at radius 3 is 2.17 bits per heavy atom. The zero-order valence-electron chi connectivity index (χ0n) is 24.3. The molecular formula is C34H28N2O8S2. The Morgan fingerprint density at radius 2 is 1.48 bits per heavy atom. The van der Waals surface area contributed by atoms with E-state index in [-0.39, 0.29) is 31.1 Å². The van der Waals surface area contributed by atoms with Crippen molar-refractivity contribution in [2.24, 2.45) is 0 Å². The van der Waals surface area contributed by atoms with Crippen LogP contribution in [0.1, 0.15) is 30.1 Å². The first-order chi connectivity index (χ1) is 22.3. The van der Waals surface area contributed by atoms with Gasteiger partial charge in [0.05, 0.1) is 31.0 Å². The van der Waals surface area contributed by atoms with Crippen LogP contribution in [0.25, 0.3) is 0 Å². The molecular weight excluding hydrogens is 629 g/mol. The molecule has 2 aromatic rings. The molecule has 6 aliphatic heterocycles. The molecule has 46 heavy (non-hydrogen) atoms. The van der Waals surface area contributed by atoms with Crippen LogP contribution in [-0.4, -0.2) is 72.7 Å². The Bertz CT molecular complexity index is 1760. The Balaban J connectivity index is 1.09. The molecule has 6 heterocycles. The Morgan fingerprint density at radius 1 is 0.870 bits per heavy atom. The standard InChI is InChI=1S/C34H28N2O8S2/c37-26(16-20-8-3-1-4-9-20)43-24-13-7-12-22-17-33-31(40)36-28-23(18-34(36,46-45-33)32(41)35(33)27(22)24)19-42-15-14-25(28)44-30(39)29(38)21-10-5-2-6-11-21/h1-15,19,24-25,27-29,38H,16-18H2/t24-,25-,27-,28-,29+,33?,34?/m0/s1. The van der Waals surface area contributed by atoms with Crippen molar-refractivity contribution in [2.45, 2.75) is 59.4 Å². The van der Waals surface area contributed by atoms with Crippen LogP contribution >= 0.6 is 21.6 Å². The summed E-state index contributed by atoms with van der Waals surface area (Å²) in [6.07, 6.45) is 7.06. The lowest BCUT2D eigenvalue weighted by Crippen LogP contribution is -2.77. The van der Waals surface area contributed by atoms with Gasteiger partial charge in [-0.15, -0.1) is 0 Å². The normalized spacial score (nSPS) is 32.3. The number of rotatable bonds is 6. The van der Waals surface area contributed by atoms with Gasteiger partial charge in [0, 0.05) is 12.8 Å². The van der Waals surface area contributed by atoms with Crippen LogP contribution < -0.4 is 0 Å². The van der Waals surface area contributed by atoms with E-state index in [1.807, 2.05) is 42.5 Å². The summed E-state index contributed by atoms with van der Waals surface area (Å²) in [5.74, 6) is -1.86. The van der Waals surface area contributed by atoms with Crippen LogP contribution in [0.5, 0.6) is 0 Å². The number of carbonyl (C=O) groups is 4. The topological polar surface area (TPSA) is 123 Å². The largest absolute Gasteiger partial charge is 0.473 e. The summed E-state index contributed by atoms with van der Waals surface area (Å²) in [7, 11) is 2.69. The summed E-state index contributed by atoms with van der Waals surface area (Å²) in [4.78, 5) is 56.2. The summed E-state index contributed by atoms with van der Waals surface area (Å²) < 4.78 is 17.4. The molecule has 2 amide bonds. The van der Waals surface area contributed by atoms with Crippen LogP contribution in [0.2, 0.25) is 0 Å². The smallest absolute Gasteiger partial charge is 0.340 e. The fourth-order valence-electron chi connectivity index (χ4n) is 7.24. The van der Waals surface area contributed by atoms with Gasteiger partial charge in [0.15, 0.2) is 15.8 Å². The number of piperazine rings is 1. The summed E-state index contributed by atoms with van der Waals surface area (Å²) >= 11 is 0. The Kier molecular flexibility index (Phi) is 6.93. The average Bonchev–Trinajstić information content (AvgIpc) is 3.53. The van der Waals surface area contributed by atoms with E-state index < -0.39 is 52.1 Å². The van der Waals surface area contributed by atoms with Gasteiger partial charge in [-0.3, -0.25) is 14.4 Å². The molecule has 234 valence electrons. The second kappa shape index (κ2) is 10.9. The molecule has 2 aromatic carbocycles. The molecule has 0 saturated carbocycles. The molecule has 2 spiro atoms. The lowest BCUT2D eigenvalue weighted by atomic mass is 9.96. The predicted molar refractivity (Wildman–Crippen MR) is 168 cm³/mol. The number of hydrogen-bond acceptors (Lipinski definition) is 10. The van der Waals surface area contributed by atoms with E-state index in [9.17, 15) is 24.3 Å². The van der Waals surface area contributed by atoms with Gasteiger partial charge in [-0.2, -0.15) is 0 Å². The fraction of sp³-hybridized carbons (Fsp3) is 0.294.